The average Bonchev–Trinajstić information content (AvgIpc) is 2.69. The lowest BCUT2D eigenvalue weighted by Crippen LogP contribution is -2.48. The van der Waals surface area contributed by atoms with E-state index in [9.17, 15) is 4.79 Å². The summed E-state index contributed by atoms with van der Waals surface area (Å²) in [6, 6.07) is 10.4. The Hall–Kier alpha value is -2.51. The van der Waals surface area contributed by atoms with Crippen LogP contribution in [-0.4, -0.2) is 83.9 Å². The van der Waals surface area contributed by atoms with E-state index in [1.54, 1.807) is 12.4 Å². The Morgan fingerprint density at radius 1 is 1.07 bits per heavy atom. The molecule has 0 bridgehead atoms. The van der Waals surface area contributed by atoms with Gasteiger partial charge < -0.3 is 15.1 Å². The van der Waals surface area contributed by atoms with Gasteiger partial charge in [-0.05, 0) is 19.7 Å². The lowest BCUT2D eigenvalue weighted by atomic mass is 10.2. The Kier molecular flexibility index (Phi) is 6.73. The van der Waals surface area contributed by atoms with Crippen molar-refractivity contribution in [3.8, 4) is 0 Å². The molecule has 1 aromatic carbocycles. The normalized spacial score (nSPS) is 15.1. The molecule has 0 aliphatic carbocycles. The summed E-state index contributed by atoms with van der Waals surface area (Å²) in [6.07, 6.45) is 3.20. The second-order valence-corrected chi connectivity index (χ2v) is 7.07. The van der Waals surface area contributed by atoms with Crippen LogP contribution in [-0.2, 0) is 6.54 Å². The molecule has 144 valence electrons. The number of hydrogen-bond acceptors (Lipinski definition) is 6. The topological polar surface area (TPSA) is 64.6 Å². The highest BCUT2D eigenvalue weighted by Crippen LogP contribution is 2.11. The summed E-state index contributed by atoms with van der Waals surface area (Å²) >= 11 is 0. The minimum atomic E-state index is -0.0401. The molecule has 1 N–H and O–H groups in total. The van der Waals surface area contributed by atoms with Crippen LogP contribution in [0.3, 0.4) is 0 Å². The first-order chi connectivity index (χ1) is 13.1. The van der Waals surface area contributed by atoms with Crippen molar-refractivity contribution in [2.24, 2.45) is 0 Å². The minimum absolute atomic E-state index is 0.0401. The second-order valence-electron chi connectivity index (χ2n) is 7.07. The highest BCUT2D eigenvalue weighted by atomic mass is 16.2. The first kappa shape index (κ1) is 19.3. The summed E-state index contributed by atoms with van der Waals surface area (Å²) in [5, 5.41) is 3.20. The van der Waals surface area contributed by atoms with Gasteiger partial charge in [0.2, 0.25) is 0 Å². The van der Waals surface area contributed by atoms with Crippen molar-refractivity contribution >= 4 is 11.7 Å². The first-order valence-electron chi connectivity index (χ1n) is 9.38. The molecular formula is C20H28N6O. The molecule has 1 fully saturated rings. The number of rotatable bonds is 7. The van der Waals surface area contributed by atoms with Crippen molar-refractivity contribution in [3.63, 3.8) is 0 Å². The monoisotopic (exact) mass is 368 g/mol. The number of nitrogens with zero attached hydrogens (tertiary/aromatic N) is 5. The Balaban J connectivity index is 1.47. The van der Waals surface area contributed by atoms with Crippen molar-refractivity contribution in [3.05, 3.63) is 54.0 Å². The number of anilines is 1. The highest BCUT2D eigenvalue weighted by molar-refractivity contribution is 5.92. The van der Waals surface area contributed by atoms with Gasteiger partial charge in [0, 0.05) is 45.8 Å². The van der Waals surface area contributed by atoms with Gasteiger partial charge in [-0.3, -0.25) is 9.69 Å². The lowest BCUT2D eigenvalue weighted by Gasteiger charge is -2.34. The molecule has 0 radical (unpaired) electrons. The van der Waals surface area contributed by atoms with Crippen LogP contribution in [0, 0.1) is 0 Å². The quantitative estimate of drug-likeness (QED) is 0.797. The number of piperazine rings is 1. The van der Waals surface area contributed by atoms with Gasteiger partial charge in [-0.15, -0.1) is 0 Å². The Morgan fingerprint density at radius 2 is 1.81 bits per heavy atom. The van der Waals surface area contributed by atoms with Crippen molar-refractivity contribution in [1.82, 2.24) is 24.7 Å². The van der Waals surface area contributed by atoms with Crippen LogP contribution < -0.4 is 5.32 Å². The molecular weight excluding hydrogens is 340 g/mol. The zero-order chi connectivity index (χ0) is 19.1. The maximum absolute atomic E-state index is 12.7. The maximum atomic E-state index is 12.7. The molecule has 7 heteroatoms. The van der Waals surface area contributed by atoms with E-state index in [1.807, 2.05) is 25.1 Å². The molecule has 0 saturated carbocycles. The van der Waals surface area contributed by atoms with Gasteiger partial charge in [-0.25, -0.2) is 9.97 Å². The number of hydrogen-bond donors (Lipinski definition) is 1. The van der Waals surface area contributed by atoms with Crippen molar-refractivity contribution in [2.75, 3.05) is 58.7 Å². The van der Waals surface area contributed by atoms with Crippen LogP contribution in [0.1, 0.15) is 16.1 Å². The van der Waals surface area contributed by atoms with E-state index in [0.717, 1.165) is 45.8 Å². The predicted molar refractivity (Wildman–Crippen MR) is 107 cm³/mol. The zero-order valence-electron chi connectivity index (χ0n) is 16.1. The highest BCUT2D eigenvalue weighted by Gasteiger charge is 2.23. The van der Waals surface area contributed by atoms with Gasteiger partial charge in [-0.1, -0.05) is 30.3 Å². The molecule has 1 saturated heterocycles. The number of carbonyl (C=O) groups is 1. The smallest absolute Gasteiger partial charge is 0.274 e. The van der Waals surface area contributed by atoms with E-state index in [0.29, 0.717) is 11.5 Å². The zero-order valence-corrected chi connectivity index (χ0v) is 16.1. The van der Waals surface area contributed by atoms with E-state index in [-0.39, 0.29) is 5.91 Å². The SMILES string of the molecule is CN(C)CCNc1cnc(C(=O)N2CCN(Cc3ccccc3)CC2)cn1. The molecule has 2 heterocycles. The maximum Gasteiger partial charge on any atom is 0.274 e. The largest absolute Gasteiger partial charge is 0.368 e. The van der Waals surface area contributed by atoms with Crippen LogP contribution in [0.2, 0.25) is 0 Å². The summed E-state index contributed by atoms with van der Waals surface area (Å²) < 4.78 is 0. The number of likely N-dealkylation sites (N-methyl/N-ethyl adjacent to an activating group) is 1. The van der Waals surface area contributed by atoms with Crippen LogP contribution in [0.25, 0.3) is 0 Å². The summed E-state index contributed by atoms with van der Waals surface area (Å²) in [6.45, 7) is 5.81. The van der Waals surface area contributed by atoms with E-state index < -0.39 is 0 Å². The molecule has 3 rings (SSSR count). The third-order valence-electron chi connectivity index (χ3n) is 4.64. The van der Waals surface area contributed by atoms with E-state index in [1.165, 1.54) is 5.56 Å². The third kappa shape index (κ3) is 5.74. The molecule has 27 heavy (non-hydrogen) atoms. The summed E-state index contributed by atoms with van der Waals surface area (Å²) in [5.74, 6) is 0.655. The molecule has 2 aromatic rings. The number of carbonyl (C=O) groups excluding carboxylic acids is 1. The van der Waals surface area contributed by atoms with E-state index in [4.69, 9.17) is 0 Å². The van der Waals surface area contributed by atoms with Gasteiger partial charge in [0.15, 0.2) is 0 Å². The molecule has 1 amide bonds. The van der Waals surface area contributed by atoms with Gasteiger partial charge >= 0.3 is 0 Å². The fraction of sp³-hybridized carbons (Fsp3) is 0.450. The van der Waals surface area contributed by atoms with Crippen LogP contribution in [0.4, 0.5) is 5.82 Å². The molecule has 0 unspecified atom stereocenters. The van der Waals surface area contributed by atoms with Gasteiger partial charge in [0.05, 0.1) is 12.4 Å². The van der Waals surface area contributed by atoms with Crippen LogP contribution in [0.5, 0.6) is 0 Å². The number of benzene rings is 1. The molecule has 0 spiro atoms. The Labute approximate surface area is 161 Å². The van der Waals surface area contributed by atoms with Crippen molar-refractivity contribution in [2.45, 2.75) is 6.54 Å². The molecule has 0 atom stereocenters. The third-order valence-corrected chi connectivity index (χ3v) is 4.64. The fourth-order valence-corrected chi connectivity index (χ4v) is 3.05. The van der Waals surface area contributed by atoms with Crippen molar-refractivity contribution < 1.29 is 4.79 Å². The van der Waals surface area contributed by atoms with Crippen molar-refractivity contribution in [1.29, 1.82) is 0 Å². The molecule has 1 aliphatic heterocycles. The Morgan fingerprint density at radius 3 is 2.44 bits per heavy atom. The summed E-state index contributed by atoms with van der Waals surface area (Å²) in [5.41, 5.74) is 1.71. The van der Waals surface area contributed by atoms with Gasteiger partial charge in [0.1, 0.15) is 11.5 Å². The van der Waals surface area contributed by atoms with Gasteiger partial charge in [0.25, 0.3) is 5.91 Å². The predicted octanol–water partition coefficient (Wildman–Crippen LogP) is 1.41. The van der Waals surface area contributed by atoms with Crippen LogP contribution in [0.15, 0.2) is 42.7 Å². The number of amides is 1. The fourth-order valence-electron chi connectivity index (χ4n) is 3.05. The standard InChI is InChI=1S/C20H28N6O/c1-24(2)9-8-21-19-15-22-18(14-23-19)20(27)26-12-10-25(11-13-26)16-17-6-4-3-5-7-17/h3-7,14-15H,8-13,16H2,1-2H3,(H,21,23). The number of nitrogens with one attached hydrogen (secondary N) is 1. The first-order valence-corrected chi connectivity index (χ1v) is 9.38. The molecule has 1 aliphatic rings. The van der Waals surface area contributed by atoms with Crippen LogP contribution >= 0.6 is 0 Å². The molecule has 1 aromatic heterocycles. The lowest BCUT2D eigenvalue weighted by molar-refractivity contribution is 0.0622. The minimum Gasteiger partial charge on any atom is -0.368 e. The Bertz CT molecular complexity index is 711. The number of aromatic nitrogens is 2. The molecule has 7 nitrogen and oxygen atoms in total. The summed E-state index contributed by atoms with van der Waals surface area (Å²) in [4.78, 5) is 27.6. The second kappa shape index (κ2) is 9.43. The van der Waals surface area contributed by atoms with E-state index in [2.05, 4.69) is 49.4 Å². The average molecular weight is 368 g/mol. The van der Waals surface area contributed by atoms with Gasteiger partial charge in [-0.2, -0.15) is 0 Å². The summed E-state index contributed by atoms with van der Waals surface area (Å²) in [7, 11) is 4.05. The van der Waals surface area contributed by atoms with E-state index >= 15 is 0 Å².